The summed E-state index contributed by atoms with van der Waals surface area (Å²) in [4.78, 5) is 30.4. The Labute approximate surface area is 269 Å². The van der Waals surface area contributed by atoms with Crippen molar-refractivity contribution in [2.75, 3.05) is 32.7 Å². The van der Waals surface area contributed by atoms with E-state index >= 15 is 0 Å². The van der Waals surface area contributed by atoms with Gasteiger partial charge in [0.15, 0.2) is 0 Å². The van der Waals surface area contributed by atoms with Crippen LogP contribution >= 0.6 is 0 Å². The lowest BCUT2D eigenvalue weighted by Crippen LogP contribution is -2.60. The van der Waals surface area contributed by atoms with Crippen LogP contribution in [0.4, 0.5) is 0 Å². The monoisotopic (exact) mass is 646 g/mol. The first-order valence-corrected chi connectivity index (χ1v) is 18.2. The number of β-amino-alcohol motifs (C(OH)–C–C–N with tert-alkyl or cyclic N) is 1. The standard InChI is InChI=1S/C34H54N4O6S/c1-22(2)30(36-29(39)20-32(3,4)5)31(40)38-17-15-37(16-18-38)21-34(41)14-12-28-27-9-7-23-19-24(44-45(35,42)43)8-10-25(23)26(27)11-13-33(28,34)6/h8,10,19,22,26-28,30,41H,7,9,11-18,20-21H2,1-6H3,(H,36,39)(H2,35,42,43)/t26-,27-,28+,30+,33+,34-/m1/s1. The molecule has 1 saturated heterocycles. The van der Waals surface area contributed by atoms with Crippen molar-refractivity contribution in [3.63, 3.8) is 0 Å². The number of aryl methyl sites for hydroxylation is 1. The minimum atomic E-state index is -4.06. The first-order valence-electron chi connectivity index (χ1n) is 16.8. The van der Waals surface area contributed by atoms with E-state index in [4.69, 9.17) is 9.32 Å². The van der Waals surface area contributed by atoms with Crippen molar-refractivity contribution in [3.05, 3.63) is 29.3 Å². The molecule has 4 N–H and O–H groups in total. The van der Waals surface area contributed by atoms with Crippen molar-refractivity contribution in [2.45, 2.75) is 104 Å². The number of amides is 2. The second-order valence-corrected chi connectivity index (χ2v) is 17.2. The molecule has 252 valence electrons. The van der Waals surface area contributed by atoms with Gasteiger partial charge in [-0.1, -0.05) is 47.6 Å². The van der Waals surface area contributed by atoms with Gasteiger partial charge in [-0.05, 0) is 90.9 Å². The summed E-state index contributed by atoms with van der Waals surface area (Å²) in [5.41, 5.74) is 1.30. The molecule has 45 heavy (non-hydrogen) atoms. The zero-order chi connectivity index (χ0) is 32.9. The molecule has 1 heterocycles. The third-order valence-corrected chi connectivity index (χ3v) is 11.8. The smallest absolute Gasteiger partial charge is 0.380 e. The molecule has 3 aliphatic carbocycles. The van der Waals surface area contributed by atoms with Crippen LogP contribution in [-0.2, 0) is 26.3 Å². The predicted octanol–water partition coefficient (Wildman–Crippen LogP) is 3.58. The van der Waals surface area contributed by atoms with Gasteiger partial charge in [0.1, 0.15) is 11.8 Å². The van der Waals surface area contributed by atoms with Gasteiger partial charge in [-0.15, -0.1) is 0 Å². The molecule has 1 aromatic rings. The second kappa shape index (κ2) is 12.4. The van der Waals surface area contributed by atoms with Gasteiger partial charge in [-0.2, -0.15) is 13.6 Å². The zero-order valence-corrected chi connectivity index (χ0v) is 28.8. The summed E-state index contributed by atoms with van der Waals surface area (Å²) < 4.78 is 27.8. The second-order valence-electron chi connectivity index (χ2n) is 16.0. The number of carbonyl (C=O) groups excluding carboxylic acids is 2. The van der Waals surface area contributed by atoms with Gasteiger partial charge in [-0.3, -0.25) is 14.5 Å². The molecule has 2 amide bonds. The number of fused-ring (bicyclic) bond motifs is 5. The van der Waals surface area contributed by atoms with Crippen LogP contribution in [0.1, 0.15) is 97.1 Å². The fourth-order valence-electron chi connectivity index (χ4n) is 9.03. The first kappa shape index (κ1) is 34.1. The number of piperazine rings is 1. The number of aliphatic hydroxyl groups is 1. The van der Waals surface area contributed by atoms with Crippen LogP contribution in [0, 0.1) is 28.6 Å². The molecule has 3 fully saturated rings. The van der Waals surface area contributed by atoms with Gasteiger partial charge in [0.2, 0.25) is 11.8 Å². The lowest BCUT2D eigenvalue weighted by molar-refractivity contribution is -0.142. The Balaban J connectivity index is 1.20. The Morgan fingerprint density at radius 1 is 1.11 bits per heavy atom. The highest BCUT2D eigenvalue weighted by Crippen LogP contribution is 2.64. The SMILES string of the molecule is CC(C)[C@H](NC(=O)CC(C)(C)C)C(=O)N1CCN(C[C@]2(O)CC[C@H]3[C@@H]4CCc5cc(OS(N)(=O)=O)ccc5[C@H]4CC[C@@]32C)CC1. The molecule has 2 saturated carbocycles. The van der Waals surface area contributed by atoms with E-state index in [0.29, 0.717) is 56.9 Å². The molecule has 10 nitrogen and oxygen atoms in total. The number of carbonyl (C=O) groups is 2. The third-order valence-electron chi connectivity index (χ3n) is 11.3. The molecule has 6 atom stereocenters. The number of rotatable bonds is 8. The zero-order valence-electron chi connectivity index (χ0n) is 28.0. The largest absolute Gasteiger partial charge is 0.388 e. The van der Waals surface area contributed by atoms with E-state index in [1.165, 1.54) is 5.56 Å². The van der Waals surface area contributed by atoms with Crippen LogP contribution in [-0.4, -0.2) is 79.5 Å². The van der Waals surface area contributed by atoms with Gasteiger partial charge in [0.25, 0.3) is 0 Å². The minimum Gasteiger partial charge on any atom is -0.388 e. The van der Waals surface area contributed by atoms with Gasteiger partial charge in [0.05, 0.1) is 5.60 Å². The van der Waals surface area contributed by atoms with Crippen LogP contribution in [0.15, 0.2) is 18.2 Å². The highest BCUT2D eigenvalue weighted by Gasteiger charge is 2.61. The summed E-state index contributed by atoms with van der Waals surface area (Å²) in [5.74, 6) is 1.44. The number of nitrogens with zero attached hydrogens (tertiary/aromatic N) is 2. The number of hydrogen-bond donors (Lipinski definition) is 3. The molecule has 0 bridgehead atoms. The third kappa shape index (κ3) is 7.21. The highest BCUT2D eigenvalue weighted by atomic mass is 32.2. The molecule has 11 heteroatoms. The van der Waals surface area contributed by atoms with Gasteiger partial charge in [-0.25, -0.2) is 0 Å². The van der Waals surface area contributed by atoms with E-state index in [1.54, 1.807) is 6.07 Å². The van der Waals surface area contributed by atoms with E-state index in [-0.39, 0.29) is 34.3 Å². The summed E-state index contributed by atoms with van der Waals surface area (Å²) in [6.45, 7) is 15.5. The van der Waals surface area contributed by atoms with Crippen molar-refractivity contribution in [1.82, 2.24) is 15.1 Å². The Morgan fingerprint density at radius 3 is 2.42 bits per heavy atom. The first-order chi connectivity index (χ1) is 20.9. The summed E-state index contributed by atoms with van der Waals surface area (Å²) in [5, 5.41) is 20.4. The van der Waals surface area contributed by atoms with E-state index in [0.717, 1.165) is 44.1 Å². The van der Waals surface area contributed by atoms with Gasteiger partial charge < -0.3 is 19.5 Å². The number of nitrogens with two attached hydrogens (primary N) is 1. The Hall–Kier alpha value is -2.21. The van der Waals surface area contributed by atoms with Crippen LogP contribution in [0.5, 0.6) is 5.75 Å². The molecule has 0 spiro atoms. The van der Waals surface area contributed by atoms with E-state index in [2.05, 4.69) is 17.1 Å². The normalized spacial score (nSPS) is 31.1. The number of benzene rings is 1. The van der Waals surface area contributed by atoms with Crippen molar-refractivity contribution in [1.29, 1.82) is 0 Å². The Bertz CT molecular complexity index is 1390. The maximum absolute atomic E-state index is 13.5. The Kier molecular flexibility index (Phi) is 9.43. The summed E-state index contributed by atoms with van der Waals surface area (Å²) in [7, 11) is -4.06. The maximum Gasteiger partial charge on any atom is 0.380 e. The maximum atomic E-state index is 13.5. The predicted molar refractivity (Wildman–Crippen MR) is 174 cm³/mol. The average Bonchev–Trinajstić information content (AvgIpc) is 3.19. The van der Waals surface area contributed by atoms with Crippen LogP contribution in [0.3, 0.4) is 0 Å². The summed E-state index contributed by atoms with van der Waals surface area (Å²) in [6, 6.07) is 5.01. The van der Waals surface area contributed by atoms with E-state index in [9.17, 15) is 23.1 Å². The number of nitrogens with one attached hydrogen (secondary N) is 1. The number of hydrogen-bond acceptors (Lipinski definition) is 7. The molecule has 0 radical (unpaired) electrons. The topological polar surface area (TPSA) is 142 Å². The molecule has 0 aromatic heterocycles. The quantitative estimate of drug-likeness (QED) is 0.392. The van der Waals surface area contributed by atoms with Crippen LogP contribution < -0.4 is 14.6 Å². The minimum absolute atomic E-state index is 0.00474. The molecule has 0 unspecified atom stereocenters. The van der Waals surface area contributed by atoms with Crippen molar-refractivity contribution < 1.29 is 27.3 Å². The van der Waals surface area contributed by atoms with E-state index < -0.39 is 21.9 Å². The fourth-order valence-corrected chi connectivity index (χ4v) is 9.40. The summed E-state index contributed by atoms with van der Waals surface area (Å²) >= 11 is 0. The van der Waals surface area contributed by atoms with Gasteiger partial charge in [0, 0.05) is 44.6 Å². The lowest BCUT2D eigenvalue weighted by atomic mass is 9.53. The van der Waals surface area contributed by atoms with Crippen molar-refractivity contribution >= 4 is 22.1 Å². The molecular formula is C34H54N4O6S. The fraction of sp³-hybridized carbons (Fsp3) is 0.765. The van der Waals surface area contributed by atoms with Gasteiger partial charge >= 0.3 is 10.3 Å². The molecular weight excluding hydrogens is 592 g/mol. The average molecular weight is 647 g/mol. The molecule has 5 rings (SSSR count). The molecule has 1 aromatic carbocycles. The van der Waals surface area contributed by atoms with E-state index in [1.807, 2.05) is 51.7 Å². The Morgan fingerprint density at radius 2 is 1.80 bits per heavy atom. The highest BCUT2D eigenvalue weighted by molar-refractivity contribution is 7.84. The molecule has 1 aliphatic heterocycles. The van der Waals surface area contributed by atoms with Crippen LogP contribution in [0.25, 0.3) is 0 Å². The van der Waals surface area contributed by atoms with Crippen molar-refractivity contribution in [3.8, 4) is 5.75 Å². The summed E-state index contributed by atoms with van der Waals surface area (Å²) in [6.07, 6.45) is 5.94. The van der Waals surface area contributed by atoms with Crippen LogP contribution in [0.2, 0.25) is 0 Å². The molecule has 4 aliphatic rings. The lowest BCUT2D eigenvalue weighted by Gasteiger charge is -2.54. The van der Waals surface area contributed by atoms with Crippen molar-refractivity contribution in [2.24, 2.45) is 33.7 Å².